The van der Waals surface area contributed by atoms with Gasteiger partial charge in [0.05, 0.1) is 18.1 Å². The normalized spacial score (nSPS) is 15.9. The van der Waals surface area contributed by atoms with Crippen molar-refractivity contribution in [3.8, 4) is 17.0 Å². The topological polar surface area (TPSA) is 75.3 Å². The van der Waals surface area contributed by atoms with Crippen molar-refractivity contribution in [2.45, 2.75) is 45.1 Å². The van der Waals surface area contributed by atoms with Crippen molar-refractivity contribution in [3.05, 3.63) is 71.4 Å². The summed E-state index contributed by atoms with van der Waals surface area (Å²) in [7, 11) is 0. The van der Waals surface area contributed by atoms with Crippen LogP contribution in [0.15, 0.2) is 48.9 Å². The molecule has 1 aromatic carbocycles. The Morgan fingerprint density at radius 2 is 2.00 bits per heavy atom. The molecule has 0 saturated carbocycles. The van der Waals surface area contributed by atoms with E-state index in [0.29, 0.717) is 17.0 Å². The zero-order valence-electron chi connectivity index (χ0n) is 17.5. The number of hydrogen-bond donors (Lipinski definition) is 2. The van der Waals surface area contributed by atoms with Gasteiger partial charge in [0, 0.05) is 29.4 Å². The predicted molar refractivity (Wildman–Crippen MR) is 118 cm³/mol. The van der Waals surface area contributed by atoms with Crippen LogP contribution in [-0.2, 0) is 12.8 Å². The second-order valence-electron chi connectivity index (χ2n) is 8.45. The van der Waals surface area contributed by atoms with E-state index in [1.807, 2.05) is 28.9 Å². The first-order chi connectivity index (χ1) is 15.0. The number of pyridine rings is 1. The van der Waals surface area contributed by atoms with Gasteiger partial charge in [-0.25, -0.2) is 9.37 Å². The lowest BCUT2D eigenvalue weighted by Crippen LogP contribution is -2.28. The summed E-state index contributed by atoms with van der Waals surface area (Å²) in [5, 5.41) is 18.0. The van der Waals surface area contributed by atoms with E-state index in [9.17, 15) is 9.50 Å². The Hall–Kier alpha value is -3.48. The van der Waals surface area contributed by atoms with Crippen LogP contribution in [0.4, 0.5) is 10.2 Å². The number of nitrogens with one attached hydrogen (secondary N) is 1. The number of aromatic hydroxyl groups is 1. The van der Waals surface area contributed by atoms with Gasteiger partial charge in [0.25, 0.3) is 0 Å². The maximum Gasteiger partial charge on any atom is 0.161 e. The van der Waals surface area contributed by atoms with Gasteiger partial charge < -0.3 is 10.4 Å². The third kappa shape index (κ3) is 3.71. The van der Waals surface area contributed by atoms with Crippen LogP contribution in [0.1, 0.15) is 42.9 Å². The third-order valence-corrected chi connectivity index (χ3v) is 5.89. The van der Waals surface area contributed by atoms with Crippen molar-refractivity contribution < 1.29 is 9.50 Å². The molecule has 31 heavy (non-hydrogen) atoms. The molecule has 2 N–H and O–H groups in total. The van der Waals surface area contributed by atoms with Gasteiger partial charge in [0.15, 0.2) is 5.65 Å². The van der Waals surface area contributed by atoms with Crippen LogP contribution < -0.4 is 5.32 Å². The molecule has 0 amide bonds. The Balaban J connectivity index is 1.55. The number of halogens is 1. The molecule has 3 aromatic heterocycles. The molecule has 7 heteroatoms. The monoisotopic (exact) mass is 417 g/mol. The van der Waals surface area contributed by atoms with Gasteiger partial charge in [-0.15, -0.1) is 0 Å². The lowest BCUT2D eigenvalue weighted by atomic mass is 9.88. The maximum atomic E-state index is 13.8. The number of aromatic nitrogens is 4. The van der Waals surface area contributed by atoms with Crippen molar-refractivity contribution in [2.24, 2.45) is 0 Å². The number of aryl methyl sites for hydroxylation is 1. The summed E-state index contributed by atoms with van der Waals surface area (Å²) in [5.74, 6) is 1.00. The molecule has 4 aromatic rings. The Morgan fingerprint density at radius 1 is 1.13 bits per heavy atom. The van der Waals surface area contributed by atoms with Crippen LogP contribution in [0.3, 0.4) is 0 Å². The average molecular weight is 417 g/mol. The molecule has 3 heterocycles. The largest absolute Gasteiger partial charge is 0.508 e. The highest BCUT2D eigenvalue weighted by Gasteiger charge is 2.21. The van der Waals surface area contributed by atoms with E-state index in [1.165, 1.54) is 23.4 Å². The van der Waals surface area contributed by atoms with E-state index >= 15 is 0 Å². The van der Waals surface area contributed by atoms with E-state index in [1.54, 1.807) is 12.3 Å². The zero-order valence-corrected chi connectivity index (χ0v) is 17.5. The van der Waals surface area contributed by atoms with Crippen LogP contribution >= 0.6 is 0 Å². The number of anilines is 1. The molecule has 0 aliphatic heterocycles. The molecule has 0 bridgehead atoms. The van der Waals surface area contributed by atoms with Crippen molar-refractivity contribution in [3.63, 3.8) is 0 Å². The highest BCUT2D eigenvalue weighted by atomic mass is 19.1. The smallest absolute Gasteiger partial charge is 0.161 e. The van der Waals surface area contributed by atoms with E-state index in [2.05, 4.69) is 29.2 Å². The van der Waals surface area contributed by atoms with Crippen LogP contribution in [0.25, 0.3) is 16.9 Å². The lowest BCUT2D eigenvalue weighted by molar-refractivity contribution is 0.472. The van der Waals surface area contributed by atoms with Crippen molar-refractivity contribution in [2.75, 3.05) is 5.32 Å². The molecule has 1 aliphatic rings. The number of fused-ring (bicyclic) bond motifs is 2. The molecular formula is C24H24FN5O. The van der Waals surface area contributed by atoms with E-state index in [-0.39, 0.29) is 12.0 Å². The number of hydrogen-bond acceptors (Lipinski definition) is 5. The molecule has 0 saturated heterocycles. The van der Waals surface area contributed by atoms with E-state index < -0.39 is 5.82 Å². The first kappa shape index (κ1) is 19.5. The third-order valence-electron chi connectivity index (χ3n) is 5.89. The molecule has 1 aliphatic carbocycles. The Bertz CT molecular complexity index is 1270. The lowest BCUT2D eigenvalue weighted by Gasteiger charge is -2.26. The Kier molecular flexibility index (Phi) is 4.81. The molecule has 0 fully saturated rings. The van der Waals surface area contributed by atoms with Gasteiger partial charge in [0.2, 0.25) is 0 Å². The Labute approximate surface area is 179 Å². The highest BCUT2D eigenvalue weighted by molar-refractivity contribution is 5.67. The van der Waals surface area contributed by atoms with E-state index in [0.717, 1.165) is 36.3 Å². The maximum absolute atomic E-state index is 13.8. The molecule has 158 valence electrons. The summed E-state index contributed by atoms with van der Waals surface area (Å²) in [6.07, 6.45) is 7.36. The number of phenols is 1. The molecule has 5 rings (SSSR count). The van der Waals surface area contributed by atoms with Crippen LogP contribution in [0.5, 0.6) is 5.75 Å². The van der Waals surface area contributed by atoms with Gasteiger partial charge in [-0.2, -0.15) is 9.61 Å². The van der Waals surface area contributed by atoms with Gasteiger partial charge >= 0.3 is 0 Å². The molecule has 6 nitrogen and oxygen atoms in total. The Morgan fingerprint density at radius 3 is 2.81 bits per heavy atom. The zero-order chi connectivity index (χ0) is 21.5. The summed E-state index contributed by atoms with van der Waals surface area (Å²) in [6, 6.07) is 9.16. The number of phenolic OH excluding ortho intramolecular Hbond substituents is 1. The minimum atomic E-state index is -0.390. The fourth-order valence-corrected chi connectivity index (χ4v) is 4.26. The second kappa shape index (κ2) is 7.65. The fraction of sp³-hybridized carbons (Fsp3) is 0.292. The van der Waals surface area contributed by atoms with Gasteiger partial charge in [-0.1, -0.05) is 19.9 Å². The van der Waals surface area contributed by atoms with Crippen molar-refractivity contribution >= 4 is 11.5 Å². The van der Waals surface area contributed by atoms with Gasteiger partial charge in [-0.3, -0.25) is 4.98 Å². The average Bonchev–Trinajstić information content (AvgIpc) is 3.18. The van der Waals surface area contributed by atoms with Crippen molar-refractivity contribution in [1.82, 2.24) is 19.6 Å². The van der Waals surface area contributed by atoms with Gasteiger partial charge in [0.1, 0.15) is 17.4 Å². The fourth-order valence-electron chi connectivity index (χ4n) is 4.26. The first-order valence-corrected chi connectivity index (χ1v) is 10.5. The van der Waals surface area contributed by atoms with Crippen LogP contribution in [-0.4, -0.2) is 30.7 Å². The van der Waals surface area contributed by atoms with Crippen LogP contribution in [0.2, 0.25) is 0 Å². The number of rotatable bonds is 4. The molecule has 1 unspecified atom stereocenters. The van der Waals surface area contributed by atoms with E-state index in [4.69, 9.17) is 4.98 Å². The molecular weight excluding hydrogens is 393 g/mol. The number of benzene rings is 1. The molecule has 0 radical (unpaired) electrons. The summed E-state index contributed by atoms with van der Waals surface area (Å²) >= 11 is 0. The van der Waals surface area contributed by atoms with Crippen molar-refractivity contribution in [1.29, 1.82) is 0 Å². The summed E-state index contributed by atoms with van der Waals surface area (Å²) in [5.41, 5.74) is 5.53. The first-order valence-electron chi connectivity index (χ1n) is 10.5. The second-order valence-corrected chi connectivity index (χ2v) is 8.45. The standard InChI is InChI=1S/C24H24FN5O/c1-14(2)21-13-27-30-23(10-22(29-24(21)30)17-7-18(25)12-26-11-17)28-19-5-3-16-9-20(31)6-4-15(16)8-19/h4,6-7,9-14,19,28,31H,3,5,8H2,1-2H3. The molecule has 1 atom stereocenters. The summed E-state index contributed by atoms with van der Waals surface area (Å²) in [6.45, 7) is 4.21. The summed E-state index contributed by atoms with van der Waals surface area (Å²) in [4.78, 5) is 8.78. The number of nitrogens with zero attached hydrogens (tertiary/aromatic N) is 4. The minimum Gasteiger partial charge on any atom is -0.508 e. The molecule has 0 spiro atoms. The minimum absolute atomic E-state index is 0.216. The summed E-state index contributed by atoms with van der Waals surface area (Å²) < 4.78 is 15.6. The predicted octanol–water partition coefficient (Wildman–Crippen LogP) is 4.73. The van der Waals surface area contributed by atoms with Crippen LogP contribution in [0, 0.1) is 5.82 Å². The highest BCUT2D eigenvalue weighted by Crippen LogP contribution is 2.30. The quantitative estimate of drug-likeness (QED) is 0.502. The SMILES string of the molecule is CC(C)c1cnn2c(NC3CCc4cc(O)ccc4C3)cc(-c3cncc(F)c3)nc12. The van der Waals surface area contributed by atoms with Gasteiger partial charge in [-0.05, 0) is 54.5 Å².